The van der Waals surface area contributed by atoms with Crippen LogP contribution in [0.5, 0.6) is 0 Å². The van der Waals surface area contributed by atoms with E-state index in [1.807, 2.05) is 18.5 Å². The van der Waals surface area contributed by atoms with Gasteiger partial charge in [0.15, 0.2) is 0 Å². The number of rotatable bonds is 3. The van der Waals surface area contributed by atoms with Crippen LogP contribution in [-0.4, -0.2) is 20.6 Å². The number of nitrogens with zero attached hydrogens (tertiary/aromatic N) is 2. The third-order valence-electron chi connectivity index (χ3n) is 3.74. The molecule has 1 aliphatic carbocycles. The predicted octanol–water partition coefficient (Wildman–Crippen LogP) is 2.40. The van der Waals surface area contributed by atoms with Crippen LogP contribution in [0, 0.1) is 6.92 Å². The molecule has 17 heavy (non-hydrogen) atoms. The Balaban J connectivity index is 2.26. The first-order chi connectivity index (χ1) is 8.09. The fourth-order valence-corrected chi connectivity index (χ4v) is 2.81. The molecule has 2 rings (SSSR count). The topological polar surface area (TPSA) is 55.1 Å². The summed E-state index contributed by atoms with van der Waals surface area (Å²) in [7, 11) is 1.95. The first-order valence-electron chi connectivity index (χ1n) is 6.33. The standard InChI is InChI=1S/C13H20N2O2/c1-9-11(8-12(16)17)15(2)13(14-9)10-6-4-3-5-7-10/h10H,3-8H2,1-2H3,(H,16,17). The SMILES string of the molecule is Cc1nc(C2CCCCC2)n(C)c1CC(=O)O. The Morgan fingerprint density at radius 2 is 2.06 bits per heavy atom. The molecule has 0 spiro atoms. The summed E-state index contributed by atoms with van der Waals surface area (Å²) in [6, 6.07) is 0. The van der Waals surface area contributed by atoms with Gasteiger partial charge in [0.2, 0.25) is 0 Å². The Kier molecular flexibility index (Phi) is 3.50. The monoisotopic (exact) mass is 236 g/mol. The number of carboxylic acid groups (broad SMARTS) is 1. The summed E-state index contributed by atoms with van der Waals surface area (Å²) < 4.78 is 2.00. The van der Waals surface area contributed by atoms with Crippen molar-refractivity contribution in [3.8, 4) is 0 Å². The number of imidazole rings is 1. The van der Waals surface area contributed by atoms with E-state index in [-0.39, 0.29) is 6.42 Å². The predicted molar refractivity (Wildman–Crippen MR) is 65.1 cm³/mol. The van der Waals surface area contributed by atoms with E-state index < -0.39 is 5.97 Å². The van der Waals surface area contributed by atoms with E-state index in [2.05, 4.69) is 4.98 Å². The fourth-order valence-electron chi connectivity index (χ4n) is 2.81. The van der Waals surface area contributed by atoms with Crippen molar-refractivity contribution in [2.24, 2.45) is 7.05 Å². The zero-order valence-electron chi connectivity index (χ0n) is 10.6. The Morgan fingerprint density at radius 1 is 1.41 bits per heavy atom. The first-order valence-corrected chi connectivity index (χ1v) is 6.33. The molecule has 1 aromatic rings. The third-order valence-corrected chi connectivity index (χ3v) is 3.74. The molecule has 4 heteroatoms. The molecule has 0 aromatic carbocycles. The zero-order valence-corrected chi connectivity index (χ0v) is 10.6. The highest BCUT2D eigenvalue weighted by atomic mass is 16.4. The van der Waals surface area contributed by atoms with E-state index in [0.717, 1.165) is 17.2 Å². The van der Waals surface area contributed by atoms with Crippen molar-refractivity contribution in [2.75, 3.05) is 0 Å². The Labute approximate surface area is 102 Å². The van der Waals surface area contributed by atoms with E-state index in [1.54, 1.807) is 0 Å². The minimum atomic E-state index is -0.786. The van der Waals surface area contributed by atoms with Gasteiger partial charge in [-0.25, -0.2) is 4.98 Å². The number of hydrogen-bond donors (Lipinski definition) is 1. The van der Waals surface area contributed by atoms with Crippen molar-refractivity contribution in [3.63, 3.8) is 0 Å². The van der Waals surface area contributed by atoms with Crippen molar-refractivity contribution in [1.29, 1.82) is 0 Å². The van der Waals surface area contributed by atoms with Crippen LogP contribution in [0.3, 0.4) is 0 Å². The summed E-state index contributed by atoms with van der Waals surface area (Å²) >= 11 is 0. The second-order valence-electron chi connectivity index (χ2n) is 4.97. The smallest absolute Gasteiger partial charge is 0.309 e. The summed E-state index contributed by atoms with van der Waals surface area (Å²) in [5, 5.41) is 8.89. The quantitative estimate of drug-likeness (QED) is 0.876. The van der Waals surface area contributed by atoms with E-state index in [1.165, 1.54) is 32.1 Å². The van der Waals surface area contributed by atoms with Crippen LogP contribution in [0.1, 0.15) is 55.2 Å². The number of aliphatic carboxylic acids is 1. The lowest BCUT2D eigenvalue weighted by atomic mass is 9.89. The van der Waals surface area contributed by atoms with Gasteiger partial charge in [0.05, 0.1) is 17.8 Å². The largest absolute Gasteiger partial charge is 0.481 e. The van der Waals surface area contributed by atoms with Gasteiger partial charge in [-0.3, -0.25) is 4.79 Å². The molecule has 1 N–H and O–H groups in total. The Bertz CT molecular complexity index is 417. The summed E-state index contributed by atoms with van der Waals surface area (Å²) in [6.45, 7) is 1.91. The summed E-state index contributed by atoms with van der Waals surface area (Å²) in [6.07, 6.45) is 6.31. The highest BCUT2D eigenvalue weighted by molar-refractivity contribution is 5.70. The molecule has 0 saturated heterocycles. The van der Waals surface area contributed by atoms with Crippen molar-refractivity contribution in [2.45, 2.75) is 51.4 Å². The molecule has 4 nitrogen and oxygen atoms in total. The van der Waals surface area contributed by atoms with Crippen molar-refractivity contribution in [1.82, 2.24) is 9.55 Å². The molecule has 1 saturated carbocycles. The maximum atomic E-state index is 10.8. The lowest BCUT2D eigenvalue weighted by Gasteiger charge is -2.21. The van der Waals surface area contributed by atoms with Crippen LogP contribution in [0.15, 0.2) is 0 Å². The molecule has 0 aliphatic heterocycles. The fraction of sp³-hybridized carbons (Fsp3) is 0.692. The van der Waals surface area contributed by atoms with Gasteiger partial charge in [0, 0.05) is 13.0 Å². The highest BCUT2D eigenvalue weighted by Gasteiger charge is 2.22. The average molecular weight is 236 g/mol. The lowest BCUT2D eigenvalue weighted by Crippen LogP contribution is -2.12. The molecular weight excluding hydrogens is 216 g/mol. The van der Waals surface area contributed by atoms with Crippen LogP contribution in [-0.2, 0) is 18.3 Å². The van der Waals surface area contributed by atoms with E-state index >= 15 is 0 Å². The molecule has 94 valence electrons. The Hall–Kier alpha value is -1.32. The van der Waals surface area contributed by atoms with E-state index in [4.69, 9.17) is 5.11 Å². The highest BCUT2D eigenvalue weighted by Crippen LogP contribution is 2.32. The number of aryl methyl sites for hydroxylation is 1. The second-order valence-corrected chi connectivity index (χ2v) is 4.97. The third kappa shape index (κ3) is 2.51. The molecule has 1 aliphatic rings. The van der Waals surface area contributed by atoms with Crippen LogP contribution in [0.2, 0.25) is 0 Å². The van der Waals surface area contributed by atoms with Gasteiger partial charge in [-0.2, -0.15) is 0 Å². The minimum absolute atomic E-state index is 0.0715. The minimum Gasteiger partial charge on any atom is -0.481 e. The lowest BCUT2D eigenvalue weighted by molar-refractivity contribution is -0.136. The molecule has 0 radical (unpaired) electrons. The summed E-state index contributed by atoms with van der Waals surface area (Å²) in [5.74, 6) is 0.819. The molecule has 0 atom stereocenters. The molecular formula is C13H20N2O2. The van der Waals surface area contributed by atoms with Crippen LogP contribution < -0.4 is 0 Å². The molecule has 1 fully saturated rings. The van der Waals surface area contributed by atoms with E-state index in [9.17, 15) is 4.79 Å². The van der Waals surface area contributed by atoms with Crippen LogP contribution in [0.4, 0.5) is 0 Å². The number of carbonyl (C=O) groups is 1. The number of carboxylic acids is 1. The van der Waals surface area contributed by atoms with E-state index in [0.29, 0.717) is 5.92 Å². The molecule has 1 heterocycles. The molecule has 1 aromatic heterocycles. The van der Waals surface area contributed by atoms with Crippen LogP contribution in [0.25, 0.3) is 0 Å². The molecule has 0 unspecified atom stereocenters. The number of aromatic nitrogens is 2. The maximum Gasteiger partial charge on any atom is 0.309 e. The van der Waals surface area contributed by atoms with Gasteiger partial charge in [-0.15, -0.1) is 0 Å². The van der Waals surface area contributed by atoms with Gasteiger partial charge < -0.3 is 9.67 Å². The van der Waals surface area contributed by atoms with Crippen molar-refractivity contribution < 1.29 is 9.90 Å². The summed E-state index contributed by atoms with van der Waals surface area (Å²) in [4.78, 5) is 15.4. The number of hydrogen-bond acceptors (Lipinski definition) is 2. The van der Waals surface area contributed by atoms with Gasteiger partial charge in [0.25, 0.3) is 0 Å². The zero-order chi connectivity index (χ0) is 12.4. The summed E-state index contributed by atoms with van der Waals surface area (Å²) in [5.41, 5.74) is 1.72. The average Bonchev–Trinajstić information content (AvgIpc) is 2.58. The second kappa shape index (κ2) is 4.90. The van der Waals surface area contributed by atoms with Crippen molar-refractivity contribution >= 4 is 5.97 Å². The van der Waals surface area contributed by atoms with Gasteiger partial charge in [-0.05, 0) is 19.8 Å². The van der Waals surface area contributed by atoms with Crippen LogP contribution >= 0.6 is 0 Å². The normalized spacial score (nSPS) is 17.3. The molecule has 0 bridgehead atoms. The first kappa shape index (κ1) is 12.1. The van der Waals surface area contributed by atoms with Gasteiger partial charge in [0.1, 0.15) is 5.82 Å². The van der Waals surface area contributed by atoms with Gasteiger partial charge >= 0.3 is 5.97 Å². The van der Waals surface area contributed by atoms with Crippen molar-refractivity contribution in [3.05, 3.63) is 17.2 Å². The van der Waals surface area contributed by atoms with Gasteiger partial charge in [-0.1, -0.05) is 19.3 Å². The maximum absolute atomic E-state index is 10.8. The molecule has 0 amide bonds. The Morgan fingerprint density at radius 3 is 2.65 bits per heavy atom.